The number of amides is 1. The van der Waals surface area contributed by atoms with Crippen LogP contribution in [-0.2, 0) is 4.79 Å². The van der Waals surface area contributed by atoms with E-state index in [0.29, 0.717) is 30.9 Å². The highest BCUT2D eigenvalue weighted by Gasteiger charge is 2.11. The van der Waals surface area contributed by atoms with E-state index in [1.807, 2.05) is 7.05 Å². The molecule has 1 amide bonds. The Balaban J connectivity index is 2.50. The maximum Gasteiger partial charge on any atom is 0.224 e. The average Bonchev–Trinajstić information content (AvgIpc) is 2.40. The van der Waals surface area contributed by atoms with Gasteiger partial charge in [-0.2, -0.15) is 0 Å². The number of nitrogens with two attached hydrogens (primary N) is 1. The third-order valence-electron chi connectivity index (χ3n) is 3.43. The topological polar surface area (TPSA) is 49.6 Å². The van der Waals surface area contributed by atoms with E-state index >= 15 is 0 Å². The van der Waals surface area contributed by atoms with Crippen LogP contribution >= 0.6 is 12.2 Å². The normalized spacial score (nSPS) is 10.3. The fourth-order valence-corrected chi connectivity index (χ4v) is 2.25. The van der Waals surface area contributed by atoms with Crippen molar-refractivity contribution in [2.24, 2.45) is 5.73 Å². The van der Waals surface area contributed by atoms with Gasteiger partial charge in [0, 0.05) is 45.7 Å². The van der Waals surface area contributed by atoms with Gasteiger partial charge in [-0.05, 0) is 37.1 Å². The van der Waals surface area contributed by atoms with Gasteiger partial charge in [-0.1, -0.05) is 18.3 Å². The van der Waals surface area contributed by atoms with Crippen molar-refractivity contribution >= 4 is 28.8 Å². The molecule has 1 aromatic carbocycles. The maximum absolute atomic E-state index is 12.0. The van der Waals surface area contributed by atoms with E-state index in [1.54, 1.807) is 11.9 Å². The van der Waals surface area contributed by atoms with E-state index in [-0.39, 0.29) is 5.91 Å². The van der Waals surface area contributed by atoms with Crippen LogP contribution in [0, 0.1) is 13.8 Å². The summed E-state index contributed by atoms with van der Waals surface area (Å²) < 4.78 is 0. The maximum atomic E-state index is 12.0. The summed E-state index contributed by atoms with van der Waals surface area (Å²) in [5.74, 6) is 0.113. The zero-order valence-electron chi connectivity index (χ0n) is 13.3. The smallest absolute Gasteiger partial charge is 0.224 e. The standard InChI is InChI=1S/C16H25N3OS/c1-12-9-13(2)11-14(10-12)18(3)8-6-16(20)19(4)7-5-15(17)21/h9-11H,5-8H2,1-4H3,(H2,17,21). The zero-order chi connectivity index (χ0) is 16.0. The van der Waals surface area contributed by atoms with Crippen molar-refractivity contribution < 1.29 is 4.79 Å². The Hall–Kier alpha value is -1.62. The Morgan fingerprint density at radius 3 is 2.19 bits per heavy atom. The molecule has 0 saturated carbocycles. The Bertz CT molecular complexity index is 496. The molecule has 116 valence electrons. The van der Waals surface area contributed by atoms with E-state index in [1.165, 1.54) is 11.1 Å². The highest BCUT2D eigenvalue weighted by atomic mass is 32.1. The van der Waals surface area contributed by atoms with Crippen LogP contribution in [0.15, 0.2) is 18.2 Å². The van der Waals surface area contributed by atoms with Crippen LogP contribution < -0.4 is 10.6 Å². The number of carbonyl (C=O) groups is 1. The Morgan fingerprint density at radius 1 is 1.10 bits per heavy atom. The molecular formula is C16H25N3OS. The van der Waals surface area contributed by atoms with Gasteiger partial charge in [-0.3, -0.25) is 4.79 Å². The summed E-state index contributed by atoms with van der Waals surface area (Å²) >= 11 is 4.83. The van der Waals surface area contributed by atoms with Gasteiger partial charge in [0.2, 0.25) is 5.91 Å². The molecule has 0 saturated heterocycles. The molecule has 21 heavy (non-hydrogen) atoms. The van der Waals surface area contributed by atoms with Gasteiger partial charge in [0.1, 0.15) is 0 Å². The van der Waals surface area contributed by atoms with Crippen molar-refractivity contribution in [2.45, 2.75) is 26.7 Å². The molecule has 4 nitrogen and oxygen atoms in total. The summed E-state index contributed by atoms with van der Waals surface area (Å²) in [7, 11) is 3.80. The lowest BCUT2D eigenvalue weighted by atomic mass is 10.1. The summed E-state index contributed by atoms with van der Waals surface area (Å²) in [4.78, 5) is 16.3. The fraction of sp³-hybridized carbons (Fsp3) is 0.500. The first-order valence-electron chi connectivity index (χ1n) is 7.11. The predicted molar refractivity (Wildman–Crippen MR) is 92.8 cm³/mol. The number of benzene rings is 1. The van der Waals surface area contributed by atoms with E-state index in [0.717, 1.165) is 5.69 Å². The molecule has 5 heteroatoms. The second-order valence-electron chi connectivity index (χ2n) is 5.55. The quantitative estimate of drug-likeness (QED) is 0.785. The van der Waals surface area contributed by atoms with E-state index < -0.39 is 0 Å². The van der Waals surface area contributed by atoms with Gasteiger partial charge >= 0.3 is 0 Å². The van der Waals surface area contributed by atoms with Crippen molar-refractivity contribution in [3.63, 3.8) is 0 Å². The Morgan fingerprint density at radius 2 is 1.67 bits per heavy atom. The van der Waals surface area contributed by atoms with E-state index in [4.69, 9.17) is 18.0 Å². The number of rotatable bonds is 7. The zero-order valence-corrected chi connectivity index (χ0v) is 14.2. The van der Waals surface area contributed by atoms with Gasteiger partial charge in [0.05, 0.1) is 4.99 Å². The van der Waals surface area contributed by atoms with Gasteiger partial charge in [0.15, 0.2) is 0 Å². The third-order valence-corrected chi connectivity index (χ3v) is 3.63. The van der Waals surface area contributed by atoms with Gasteiger partial charge in [-0.15, -0.1) is 0 Å². The minimum atomic E-state index is 0.113. The molecule has 1 rings (SSSR count). The molecule has 0 aromatic heterocycles. The lowest BCUT2D eigenvalue weighted by molar-refractivity contribution is -0.129. The molecule has 0 radical (unpaired) electrons. The largest absolute Gasteiger partial charge is 0.393 e. The summed E-state index contributed by atoms with van der Waals surface area (Å²) in [5, 5.41) is 0. The summed E-state index contributed by atoms with van der Waals surface area (Å²) in [6.07, 6.45) is 1.06. The van der Waals surface area contributed by atoms with Crippen molar-refractivity contribution in [1.82, 2.24) is 4.90 Å². The lowest BCUT2D eigenvalue weighted by Crippen LogP contribution is -2.32. The van der Waals surface area contributed by atoms with E-state index in [9.17, 15) is 4.79 Å². The summed E-state index contributed by atoms with van der Waals surface area (Å²) in [5.41, 5.74) is 9.06. The van der Waals surface area contributed by atoms with Crippen molar-refractivity contribution in [1.29, 1.82) is 0 Å². The van der Waals surface area contributed by atoms with Crippen LogP contribution in [-0.4, -0.2) is 43.0 Å². The molecule has 2 N–H and O–H groups in total. The van der Waals surface area contributed by atoms with Crippen molar-refractivity contribution in [3.05, 3.63) is 29.3 Å². The number of hydrogen-bond acceptors (Lipinski definition) is 3. The highest BCUT2D eigenvalue weighted by Crippen LogP contribution is 2.17. The molecule has 0 aliphatic heterocycles. The second-order valence-corrected chi connectivity index (χ2v) is 6.07. The number of thiocarbonyl (C=S) groups is 1. The van der Waals surface area contributed by atoms with Crippen LogP contribution in [0.5, 0.6) is 0 Å². The first kappa shape index (κ1) is 17.4. The number of aryl methyl sites for hydroxylation is 2. The molecule has 0 bridgehead atoms. The molecule has 0 spiro atoms. The number of anilines is 1. The number of carbonyl (C=O) groups excluding carboxylic acids is 1. The molecule has 0 aliphatic carbocycles. The molecule has 0 heterocycles. The summed E-state index contributed by atoms with van der Waals surface area (Å²) in [6, 6.07) is 6.41. The van der Waals surface area contributed by atoms with Gasteiger partial charge < -0.3 is 15.5 Å². The second kappa shape index (κ2) is 7.98. The summed E-state index contributed by atoms with van der Waals surface area (Å²) in [6.45, 7) is 5.44. The van der Waals surface area contributed by atoms with Crippen LogP contribution in [0.2, 0.25) is 0 Å². The molecular weight excluding hydrogens is 282 g/mol. The highest BCUT2D eigenvalue weighted by molar-refractivity contribution is 7.80. The number of hydrogen-bond donors (Lipinski definition) is 1. The first-order valence-corrected chi connectivity index (χ1v) is 7.52. The SMILES string of the molecule is Cc1cc(C)cc(N(C)CCC(=O)N(C)CCC(N)=S)c1. The van der Waals surface area contributed by atoms with Crippen molar-refractivity contribution in [3.8, 4) is 0 Å². The molecule has 0 aliphatic rings. The Kier molecular flexibility index (Phi) is 6.62. The average molecular weight is 307 g/mol. The molecule has 1 aromatic rings. The van der Waals surface area contributed by atoms with Gasteiger partial charge in [-0.25, -0.2) is 0 Å². The fourth-order valence-electron chi connectivity index (χ4n) is 2.16. The van der Waals surface area contributed by atoms with Crippen LogP contribution in [0.25, 0.3) is 0 Å². The molecule has 0 atom stereocenters. The minimum Gasteiger partial charge on any atom is -0.393 e. The van der Waals surface area contributed by atoms with Crippen LogP contribution in [0.3, 0.4) is 0 Å². The molecule has 0 unspecified atom stereocenters. The minimum absolute atomic E-state index is 0.113. The number of nitrogens with zero attached hydrogens (tertiary/aromatic N) is 2. The lowest BCUT2D eigenvalue weighted by Gasteiger charge is -2.22. The first-order chi connectivity index (χ1) is 9.79. The van der Waals surface area contributed by atoms with E-state index in [2.05, 4.69) is 36.9 Å². The third kappa shape index (κ3) is 6.12. The van der Waals surface area contributed by atoms with Crippen LogP contribution in [0.4, 0.5) is 5.69 Å². The van der Waals surface area contributed by atoms with Gasteiger partial charge in [0.25, 0.3) is 0 Å². The van der Waals surface area contributed by atoms with Crippen LogP contribution in [0.1, 0.15) is 24.0 Å². The monoisotopic (exact) mass is 307 g/mol. The Labute approximate surface area is 132 Å². The van der Waals surface area contributed by atoms with Crippen molar-refractivity contribution in [2.75, 3.05) is 32.1 Å². The predicted octanol–water partition coefficient (Wildman–Crippen LogP) is 2.26. The molecule has 0 fully saturated rings.